The van der Waals surface area contributed by atoms with Crippen molar-refractivity contribution in [2.24, 2.45) is 5.73 Å². The fourth-order valence-corrected chi connectivity index (χ4v) is 1.32. The molecular weight excluding hydrogens is 265 g/mol. The molecule has 0 radical (unpaired) electrons. The number of hydrogen-bond acceptors (Lipinski definition) is 3. The molecule has 2 amide bonds. The molecule has 0 bridgehead atoms. The number of pyridine rings is 1. The van der Waals surface area contributed by atoms with E-state index in [1.54, 1.807) is 0 Å². The molecule has 0 atom stereocenters. The van der Waals surface area contributed by atoms with Gasteiger partial charge in [-0.05, 0) is 26.0 Å². The lowest BCUT2D eigenvalue weighted by molar-refractivity contribution is -0.122. The topological polar surface area (TPSA) is 85.1 Å². The van der Waals surface area contributed by atoms with Crippen LogP contribution in [0.3, 0.4) is 0 Å². The second kappa shape index (κ2) is 4.89. The quantitative estimate of drug-likeness (QED) is 0.818. The van der Waals surface area contributed by atoms with Crippen LogP contribution in [0.15, 0.2) is 12.1 Å². The molecule has 0 saturated heterocycles. The van der Waals surface area contributed by atoms with Gasteiger partial charge < -0.3 is 11.1 Å². The molecule has 92 valence electrons. The molecule has 0 aliphatic rings. The van der Waals surface area contributed by atoms with Crippen LogP contribution < -0.4 is 11.1 Å². The molecule has 3 N–H and O–H groups in total. The molecule has 17 heavy (non-hydrogen) atoms. The van der Waals surface area contributed by atoms with E-state index in [1.807, 2.05) is 0 Å². The van der Waals surface area contributed by atoms with Gasteiger partial charge in [0.2, 0.25) is 5.91 Å². The van der Waals surface area contributed by atoms with E-state index in [1.165, 1.54) is 26.0 Å². The van der Waals surface area contributed by atoms with Crippen molar-refractivity contribution in [1.82, 2.24) is 10.3 Å². The first kappa shape index (κ1) is 13.7. The third-order valence-corrected chi connectivity index (χ3v) is 2.58. The van der Waals surface area contributed by atoms with E-state index in [-0.39, 0.29) is 15.9 Å². The van der Waals surface area contributed by atoms with Crippen molar-refractivity contribution in [2.45, 2.75) is 19.4 Å². The molecule has 1 rings (SSSR count). The minimum absolute atomic E-state index is 0.0477. The number of rotatable bonds is 3. The summed E-state index contributed by atoms with van der Waals surface area (Å²) in [5, 5.41) is 2.70. The van der Waals surface area contributed by atoms with Crippen LogP contribution in [0.1, 0.15) is 24.3 Å². The Bertz CT molecular complexity index is 475. The normalized spacial score (nSPS) is 11.1. The van der Waals surface area contributed by atoms with Gasteiger partial charge in [-0.2, -0.15) is 0 Å². The van der Waals surface area contributed by atoms with Crippen LogP contribution in [0.25, 0.3) is 0 Å². The highest BCUT2D eigenvalue weighted by molar-refractivity contribution is 6.34. The van der Waals surface area contributed by atoms with Crippen molar-refractivity contribution in [3.63, 3.8) is 0 Å². The van der Waals surface area contributed by atoms with Crippen LogP contribution in [0, 0.1) is 0 Å². The second-order valence-electron chi connectivity index (χ2n) is 3.91. The Hall–Kier alpha value is -1.33. The molecule has 1 heterocycles. The summed E-state index contributed by atoms with van der Waals surface area (Å²) in [7, 11) is 0. The first-order valence-electron chi connectivity index (χ1n) is 4.68. The van der Waals surface area contributed by atoms with Gasteiger partial charge in [0.25, 0.3) is 5.91 Å². The molecule has 0 spiro atoms. The van der Waals surface area contributed by atoms with Crippen molar-refractivity contribution in [1.29, 1.82) is 0 Å². The predicted octanol–water partition coefficient (Wildman–Crippen LogP) is 1.38. The van der Waals surface area contributed by atoms with Gasteiger partial charge in [0.1, 0.15) is 16.4 Å². The highest BCUT2D eigenvalue weighted by Crippen LogP contribution is 2.17. The third kappa shape index (κ3) is 3.31. The Morgan fingerprint density at radius 1 is 1.35 bits per heavy atom. The molecule has 5 nitrogen and oxygen atoms in total. The second-order valence-corrected chi connectivity index (χ2v) is 4.70. The van der Waals surface area contributed by atoms with E-state index < -0.39 is 17.4 Å². The van der Waals surface area contributed by atoms with E-state index in [4.69, 9.17) is 28.9 Å². The van der Waals surface area contributed by atoms with Crippen LogP contribution >= 0.6 is 23.2 Å². The summed E-state index contributed by atoms with van der Waals surface area (Å²) in [6, 6.07) is 2.91. The van der Waals surface area contributed by atoms with Crippen molar-refractivity contribution < 1.29 is 9.59 Å². The zero-order valence-corrected chi connectivity index (χ0v) is 10.8. The van der Waals surface area contributed by atoms with Gasteiger partial charge in [-0.25, -0.2) is 4.98 Å². The average Bonchev–Trinajstić information content (AvgIpc) is 2.20. The average molecular weight is 276 g/mol. The van der Waals surface area contributed by atoms with Gasteiger partial charge in [-0.1, -0.05) is 23.2 Å². The summed E-state index contributed by atoms with van der Waals surface area (Å²) in [6.07, 6.45) is 0. The maximum Gasteiger partial charge on any atom is 0.272 e. The van der Waals surface area contributed by atoms with Crippen molar-refractivity contribution >= 4 is 35.0 Å². The fourth-order valence-electron chi connectivity index (χ4n) is 0.982. The number of carbonyl (C=O) groups is 2. The molecule has 0 unspecified atom stereocenters. The number of nitrogens with zero attached hydrogens (tertiary/aromatic N) is 1. The molecule has 0 saturated carbocycles. The summed E-state index contributed by atoms with van der Waals surface area (Å²) in [5.41, 5.74) is 3.89. The van der Waals surface area contributed by atoms with E-state index in [0.29, 0.717) is 0 Å². The Kier molecular flexibility index (Phi) is 3.95. The van der Waals surface area contributed by atoms with Gasteiger partial charge in [-0.3, -0.25) is 9.59 Å². The number of nitrogens with one attached hydrogen (secondary N) is 1. The van der Waals surface area contributed by atoms with Crippen LogP contribution in [0.4, 0.5) is 0 Å². The lowest BCUT2D eigenvalue weighted by Crippen LogP contribution is -2.53. The lowest BCUT2D eigenvalue weighted by Gasteiger charge is -2.22. The number of amides is 2. The summed E-state index contributed by atoms with van der Waals surface area (Å²) in [5.74, 6) is -1.27. The maximum absolute atomic E-state index is 11.8. The van der Waals surface area contributed by atoms with Gasteiger partial charge in [0.05, 0.1) is 5.02 Å². The molecule has 0 fully saturated rings. The largest absolute Gasteiger partial charge is 0.368 e. The number of halogens is 2. The summed E-state index contributed by atoms with van der Waals surface area (Å²) in [6.45, 7) is 2.96. The fraction of sp³-hybridized carbons (Fsp3) is 0.300. The van der Waals surface area contributed by atoms with Crippen molar-refractivity contribution in [2.75, 3.05) is 0 Å². The zero-order valence-electron chi connectivity index (χ0n) is 9.25. The van der Waals surface area contributed by atoms with Crippen molar-refractivity contribution in [3.05, 3.63) is 28.0 Å². The Morgan fingerprint density at radius 2 is 1.94 bits per heavy atom. The minimum atomic E-state index is -1.19. The van der Waals surface area contributed by atoms with E-state index >= 15 is 0 Å². The first-order chi connectivity index (χ1) is 7.74. The van der Waals surface area contributed by atoms with Gasteiger partial charge in [0.15, 0.2) is 0 Å². The molecule has 0 aliphatic carbocycles. The monoisotopic (exact) mass is 275 g/mol. The smallest absolute Gasteiger partial charge is 0.272 e. The zero-order chi connectivity index (χ0) is 13.2. The first-order valence-corrected chi connectivity index (χ1v) is 5.44. The Labute approximate surface area is 108 Å². The van der Waals surface area contributed by atoms with Crippen LogP contribution in [0.5, 0.6) is 0 Å². The number of hydrogen-bond donors (Lipinski definition) is 2. The molecule has 0 aromatic carbocycles. The summed E-state index contributed by atoms with van der Waals surface area (Å²) < 4.78 is 0. The minimum Gasteiger partial charge on any atom is -0.368 e. The van der Waals surface area contributed by atoms with Crippen LogP contribution in [-0.2, 0) is 4.79 Å². The standard InChI is InChI=1S/C10H11Cl2N3O2/c1-10(2,9(13)17)15-8(16)7-5(11)3-4-6(12)14-7/h3-4H,1-2H3,(H2,13,17)(H,15,16). The maximum atomic E-state index is 11.8. The number of nitrogens with two attached hydrogens (primary N) is 1. The third-order valence-electron chi connectivity index (χ3n) is 2.07. The predicted molar refractivity (Wildman–Crippen MR) is 65.0 cm³/mol. The molecule has 1 aromatic heterocycles. The number of primary amides is 1. The highest BCUT2D eigenvalue weighted by Gasteiger charge is 2.28. The highest BCUT2D eigenvalue weighted by atomic mass is 35.5. The van der Waals surface area contributed by atoms with E-state index in [2.05, 4.69) is 10.3 Å². The summed E-state index contributed by atoms with van der Waals surface area (Å²) >= 11 is 11.5. The SMILES string of the molecule is CC(C)(NC(=O)c1nc(Cl)ccc1Cl)C(N)=O. The Balaban J connectivity index is 2.98. The molecular formula is C10H11Cl2N3O2. The Morgan fingerprint density at radius 3 is 2.47 bits per heavy atom. The van der Waals surface area contributed by atoms with Crippen molar-refractivity contribution in [3.8, 4) is 0 Å². The molecule has 7 heteroatoms. The van der Waals surface area contributed by atoms with Gasteiger partial charge >= 0.3 is 0 Å². The number of aromatic nitrogens is 1. The van der Waals surface area contributed by atoms with Gasteiger partial charge in [-0.15, -0.1) is 0 Å². The molecule has 0 aliphatic heterocycles. The number of carbonyl (C=O) groups excluding carboxylic acids is 2. The molecule has 1 aromatic rings. The van der Waals surface area contributed by atoms with E-state index in [9.17, 15) is 9.59 Å². The van der Waals surface area contributed by atoms with Gasteiger partial charge in [0, 0.05) is 0 Å². The lowest BCUT2D eigenvalue weighted by atomic mass is 10.1. The van der Waals surface area contributed by atoms with E-state index in [0.717, 1.165) is 0 Å². The summed E-state index contributed by atoms with van der Waals surface area (Å²) in [4.78, 5) is 26.7. The van der Waals surface area contributed by atoms with Crippen LogP contribution in [0.2, 0.25) is 10.2 Å². The van der Waals surface area contributed by atoms with Crippen LogP contribution in [-0.4, -0.2) is 22.3 Å².